The van der Waals surface area contributed by atoms with Gasteiger partial charge >= 0.3 is 0 Å². The van der Waals surface area contributed by atoms with Crippen LogP contribution in [-0.2, 0) is 6.42 Å². The summed E-state index contributed by atoms with van der Waals surface area (Å²) in [4.78, 5) is 7.32. The van der Waals surface area contributed by atoms with Gasteiger partial charge in [-0.15, -0.1) is 0 Å². The second kappa shape index (κ2) is 3.09. The van der Waals surface area contributed by atoms with Crippen molar-refractivity contribution in [3.8, 4) is 5.75 Å². The Morgan fingerprint density at radius 1 is 1.54 bits per heavy atom. The molecule has 2 aromatic rings. The molecule has 0 radical (unpaired) electrons. The van der Waals surface area contributed by atoms with Crippen LogP contribution in [0, 0.1) is 0 Å². The van der Waals surface area contributed by atoms with E-state index < -0.39 is 0 Å². The first-order valence-corrected chi connectivity index (χ1v) is 4.35. The fourth-order valence-electron chi connectivity index (χ4n) is 1.59. The number of nitrogens with one attached hydrogen (secondary N) is 1. The molecule has 1 N–H and O–H groups in total. The van der Waals surface area contributed by atoms with Crippen LogP contribution in [0.5, 0.6) is 5.75 Å². The first-order valence-electron chi connectivity index (χ1n) is 4.35. The smallest absolute Gasteiger partial charge is 0.141 e. The number of H-pyrrole nitrogens is 1. The molecule has 0 aliphatic carbocycles. The Kier molecular flexibility index (Phi) is 1.93. The van der Waals surface area contributed by atoms with Gasteiger partial charge in [0.25, 0.3) is 0 Å². The number of ether oxygens (including phenoxy) is 1. The molecule has 0 fully saturated rings. The quantitative estimate of drug-likeness (QED) is 0.761. The third kappa shape index (κ3) is 1.16. The molecule has 13 heavy (non-hydrogen) atoms. The summed E-state index contributed by atoms with van der Waals surface area (Å²) in [5.74, 6) is 0.870. The lowest BCUT2D eigenvalue weighted by atomic mass is 10.1. The van der Waals surface area contributed by atoms with Crippen molar-refractivity contribution in [3.63, 3.8) is 0 Å². The van der Waals surface area contributed by atoms with Gasteiger partial charge in [0.1, 0.15) is 11.4 Å². The van der Waals surface area contributed by atoms with Crippen LogP contribution in [0.25, 0.3) is 11.0 Å². The second-order valence-corrected chi connectivity index (χ2v) is 2.90. The molecular formula is C10H12N2O. The Morgan fingerprint density at radius 2 is 2.38 bits per heavy atom. The average Bonchev–Trinajstić information content (AvgIpc) is 2.63. The van der Waals surface area contributed by atoms with Gasteiger partial charge in [0.05, 0.1) is 13.3 Å². The average molecular weight is 176 g/mol. The number of aromatic amines is 1. The molecule has 68 valence electrons. The lowest BCUT2D eigenvalue weighted by Gasteiger charge is -2.06. The summed E-state index contributed by atoms with van der Waals surface area (Å²) >= 11 is 0. The molecule has 0 amide bonds. The van der Waals surface area contributed by atoms with Gasteiger partial charge in [-0.05, 0) is 12.5 Å². The van der Waals surface area contributed by atoms with Gasteiger partial charge in [-0.1, -0.05) is 6.92 Å². The Balaban J connectivity index is 2.74. The summed E-state index contributed by atoms with van der Waals surface area (Å²) < 4.78 is 5.24. The zero-order valence-corrected chi connectivity index (χ0v) is 7.79. The highest BCUT2D eigenvalue weighted by molar-refractivity contribution is 5.81. The summed E-state index contributed by atoms with van der Waals surface area (Å²) in [5, 5.41) is 1.15. The van der Waals surface area contributed by atoms with E-state index in [1.165, 1.54) is 5.56 Å². The summed E-state index contributed by atoms with van der Waals surface area (Å²) in [6.07, 6.45) is 4.62. The molecule has 0 atom stereocenters. The normalized spacial score (nSPS) is 10.6. The van der Waals surface area contributed by atoms with Crippen LogP contribution in [0.1, 0.15) is 12.5 Å². The van der Waals surface area contributed by atoms with Crippen molar-refractivity contribution in [2.24, 2.45) is 0 Å². The number of methoxy groups -OCH3 is 1. The highest BCUT2D eigenvalue weighted by Crippen LogP contribution is 2.25. The molecular weight excluding hydrogens is 164 g/mol. The third-order valence-corrected chi connectivity index (χ3v) is 2.23. The molecule has 3 heteroatoms. The van der Waals surface area contributed by atoms with Crippen LogP contribution in [0.4, 0.5) is 0 Å². The van der Waals surface area contributed by atoms with Crippen LogP contribution < -0.4 is 4.74 Å². The highest BCUT2D eigenvalue weighted by Gasteiger charge is 2.07. The van der Waals surface area contributed by atoms with E-state index in [1.807, 2.05) is 12.3 Å². The molecule has 0 aromatic carbocycles. The van der Waals surface area contributed by atoms with Crippen LogP contribution in [0.15, 0.2) is 18.5 Å². The minimum atomic E-state index is 0.870. The van der Waals surface area contributed by atoms with Gasteiger partial charge < -0.3 is 9.72 Å². The van der Waals surface area contributed by atoms with Crippen molar-refractivity contribution in [3.05, 3.63) is 24.0 Å². The van der Waals surface area contributed by atoms with Crippen molar-refractivity contribution in [1.82, 2.24) is 9.97 Å². The van der Waals surface area contributed by atoms with E-state index in [1.54, 1.807) is 13.3 Å². The van der Waals surface area contributed by atoms with Gasteiger partial charge in [0, 0.05) is 17.1 Å². The van der Waals surface area contributed by atoms with Gasteiger partial charge in [-0.3, -0.25) is 0 Å². The molecule has 0 saturated carbocycles. The topological polar surface area (TPSA) is 37.9 Å². The minimum absolute atomic E-state index is 0.870. The number of pyridine rings is 1. The maximum atomic E-state index is 5.24. The van der Waals surface area contributed by atoms with E-state index in [9.17, 15) is 0 Å². The Hall–Kier alpha value is -1.51. The Bertz CT molecular complexity index is 420. The van der Waals surface area contributed by atoms with Gasteiger partial charge in [0.2, 0.25) is 0 Å². The van der Waals surface area contributed by atoms with Gasteiger partial charge in [-0.2, -0.15) is 0 Å². The summed E-state index contributed by atoms with van der Waals surface area (Å²) in [7, 11) is 1.68. The standard InChI is InChI=1S/C10H12N2O/c1-3-7-8-4-5-11-10(8)12-6-9(7)13-2/h4-6H,3H2,1-2H3,(H,11,12). The van der Waals surface area contributed by atoms with Crippen LogP contribution in [0.3, 0.4) is 0 Å². The third-order valence-electron chi connectivity index (χ3n) is 2.23. The first-order chi connectivity index (χ1) is 6.36. The van der Waals surface area contributed by atoms with E-state index in [0.717, 1.165) is 23.2 Å². The number of nitrogens with zero attached hydrogens (tertiary/aromatic N) is 1. The van der Waals surface area contributed by atoms with E-state index in [4.69, 9.17) is 4.74 Å². The van der Waals surface area contributed by atoms with Crippen molar-refractivity contribution in [1.29, 1.82) is 0 Å². The molecule has 2 rings (SSSR count). The van der Waals surface area contributed by atoms with Crippen molar-refractivity contribution in [2.75, 3.05) is 7.11 Å². The molecule has 0 bridgehead atoms. The van der Waals surface area contributed by atoms with Gasteiger partial charge in [-0.25, -0.2) is 4.98 Å². The van der Waals surface area contributed by atoms with Crippen molar-refractivity contribution < 1.29 is 4.74 Å². The Morgan fingerprint density at radius 3 is 3.08 bits per heavy atom. The van der Waals surface area contributed by atoms with E-state index in [2.05, 4.69) is 16.9 Å². The van der Waals surface area contributed by atoms with Gasteiger partial charge in [0.15, 0.2) is 0 Å². The number of rotatable bonds is 2. The fraction of sp³-hybridized carbons (Fsp3) is 0.300. The second-order valence-electron chi connectivity index (χ2n) is 2.90. The Labute approximate surface area is 76.8 Å². The van der Waals surface area contributed by atoms with Crippen LogP contribution in [0.2, 0.25) is 0 Å². The lowest BCUT2D eigenvalue weighted by Crippen LogP contribution is -1.92. The highest BCUT2D eigenvalue weighted by atomic mass is 16.5. The number of aryl methyl sites for hydroxylation is 1. The maximum Gasteiger partial charge on any atom is 0.141 e. The molecule has 0 aliphatic heterocycles. The van der Waals surface area contributed by atoms with Crippen LogP contribution in [-0.4, -0.2) is 17.1 Å². The largest absolute Gasteiger partial charge is 0.495 e. The monoisotopic (exact) mass is 176 g/mol. The van der Waals surface area contributed by atoms with E-state index in [-0.39, 0.29) is 0 Å². The number of aromatic nitrogens is 2. The van der Waals surface area contributed by atoms with E-state index >= 15 is 0 Å². The first kappa shape index (κ1) is 8.10. The SMILES string of the molecule is CCc1c(OC)cnc2[nH]ccc12. The number of hydrogen-bond acceptors (Lipinski definition) is 2. The number of fused-ring (bicyclic) bond motifs is 1. The lowest BCUT2D eigenvalue weighted by molar-refractivity contribution is 0.409. The zero-order chi connectivity index (χ0) is 9.26. The minimum Gasteiger partial charge on any atom is -0.495 e. The predicted octanol–water partition coefficient (Wildman–Crippen LogP) is 2.13. The zero-order valence-electron chi connectivity index (χ0n) is 7.79. The number of hydrogen-bond donors (Lipinski definition) is 1. The molecule has 2 heterocycles. The predicted molar refractivity (Wildman–Crippen MR) is 52.0 cm³/mol. The molecule has 2 aromatic heterocycles. The summed E-state index contributed by atoms with van der Waals surface area (Å²) in [6.45, 7) is 2.12. The summed E-state index contributed by atoms with van der Waals surface area (Å²) in [6, 6.07) is 2.03. The van der Waals surface area contributed by atoms with Crippen LogP contribution >= 0.6 is 0 Å². The maximum absolute atomic E-state index is 5.24. The van der Waals surface area contributed by atoms with E-state index in [0.29, 0.717) is 0 Å². The fourth-order valence-corrected chi connectivity index (χ4v) is 1.59. The molecule has 0 spiro atoms. The van der Waals surface area contributed by atoms with Crippen molar-refractivity contribution >= 4 is 11.0 Å². The molecule has 0 unspecified atom stereocenters. The molecule has 3 nitrogen and oxygen atoms in total. The molecule has 0 aliphatic rings. The van der Waals surface area contributed by atoms with Crippen molar-refractivity contribution in [2.45, 2.75) is 13.3 Å². The summed E-state index contributed by atoms with van der Waals surface area (Å²) in [5.41, 5.74) is 2.14. The molecule has 0 saturated heterocycles.